The first-order valence-corrected chi connectivity index (χ1v) is 5.24. The quantitative estimate of drug-likeness (QED) is 0.693. The molecular formula is C11H20N2O2. The van der Waals surface area contributed by atoms with Crippen LogP contribution in [0.25, 0.3) is 0 Å². The van der Waals surface area contributed by atoms with Crippen molar-refractivity contribution in [3.63, 3.8) is 0 Å². The van der Waals surface area contributed by atoms with Crippen LogP contribution in [0.4, 0.5) is 4.79 Å². The number of carbonyl (C=O) groups is 2. The normalized spacial score (nSPS) is 22.5. The van der Waals surface area contributed by atoms with Gasteiger partial charge < -0.3 is 9.80 Å². The largest absolute Gasteiger partial charge is 0.322 e. The molecule has 0 radical (unpaired) electrons. The van der Waals surface area contributed by atoms with E-state index >= 15 is 0 Å². The van der Waals surface area contributed by atoms with Crippen LogP contribution < -0.4 is 0 Å². The molecule has 0 spiro atoms. The molecule has 1 aliphatic heterocycles. The van der Waals surface area contributed by atoms with Crippen LogP contribution >= 0.6 is 0 Å². The molecule has 1 saturated heterocycles. The predicted octanol–water partition coefficient (Wildman–Crippen LogP) is 1.36. The monoisotopic (exact) mass is 212 g/mol. The highest BCUT2D eigenvalue weighted by molar-refractivity contribution is 5.85. The van der Waals surface area contributed by atoms with Crippen LogP contribution in [0.1, 0.15) is 27.7 Å². The van der Waals surface area contributed by atoms with Crippen molar-refractivity contribution in [2.24, 2.45) is 5.41 Å². The van der Waals surface area contributed by atoms with E-state index in [2.05, 4.69) is 20.8 Å². The van der Waals surface area contributed by atoms with Crippen LogP contribution in [0.15, 0.2) is 0 Å². The van der Waals surface area contributed by atoms with Gasteiger partial charge in [-0.2, -0.15) is 0 Å². The summed E-state index contributed by atoms with van der Waals surface area (Å²) < 4.78 is 0. The molecule has 1 aliphatic rings. The minimum Gasteiger partial charge on any atom is -0.322 e. The molecule has 2 amide bonds. The van der Waals surface area contributed by atoms with Gasteiger partial charge in [0.2, 0.25) is 0 Å². The van der Waals surface area contributed by atoms with Gasteiger partial charge in [-0.15, -0.1) is 0 Å². The topological polar surface area (TPSA) is 40.6 Å². The summed E-state index contributed by atoms with van der Waals surface area (Å²) in [7, 11) is 1.80. The van der Waals surface area contributed by atoms with Gasteiger partial charge >= 0.3 is 6.03 Å². The Labute approximate surface area is 91.2 Å². The van der Waals surface area contributed by atoms with Gasteiger partial charge in [0.25, 0.3) is 0 Å². The van der Waals surface area contributed by atoms with Crippen molar-refractivity contribution in [2.45, 2.75) is 33.7 Å². The number of amides is 2. The van der Waals surface area contributed by atoms with Gasteiger partial charge in [-0.05, 0) is 12.3 Å². The molecule has 1 rings (SSSR count). The maximum atomic E-state index is 11.8. The van der Waals surface area contributed by atoms with Gasteiger partial charge in [0, 0.05) is 13.6 Å². The Bertz CT molecular complexity index is 281. The highest BCUT2D eigenvalue weighted by atomic mass is 16.2. The minimum absolute atomic E-state index is 0.0336. The number of nitrogens with zero attached hydrogens (tertiary/aromatic N) is 2. The molecule has 1 fully saturated rings. The Hall–Kier alpha value is -1.06. The molecule has 0 aromatic rings. The van der Waals surface area contributed by atoms with Crippen molar-refractivity contribution in [3.05, 3.63) is 0 Å². The zero-order chi connectivity index (χ0) is 11.8. The number of ketones is 1. The molecule has 4 heteroatoms. The lowest BCUT2D eigenvalue weighted by molar-refractivity contribution is -0.117. The van der Waals surface area contributed by atoms with Crippen molar-refractivity contribution in [3.8, 4) is 0 Å². The summed E-state index contributed by atoms with van der Waals surface area (Å²) in [5.41, 5.74) is 0.0515. The molecule has 0 bridgehead atoms. The number of likely N-dealkylation sites (N-methyl/N-ethyl adjacent to an activating group) is 1. The van der Waals surface area contributed by atoms with Crippen LogP contribution in [0.2, 0.25) is 0 Å². The summed E-state index contributed by atoms with van der Waals surface area (Å²) in [5, 5.41) is 0. The summed E-state index contributed by atoms with van der Waals surface area (Å²) in [4.78, 5) is 26.2. The molecule has 1 atom stereocenters. The van der Waals surface area contributed by atoms with E-state index < -0.39 is 0 Å². The van der Waals surface area contributed by atoms with Crippen molar-refractivity contribution in [1.82, 2.24) is 9.80 Å². The lowest BCUT2D eigenvalue weighted by atomic mass is 9.86. The Kier molecular flexibility index (Phi) is 3.07. The third-order valence-corrected chi connectivity index (χ3v) is 2.85. The van der Waals surface area contributed by atoms with Crippen molar-refractivity contribution < 1.29 is 9.59 Å². The SMILES string of the molecule is CC(=O)CN1CC(C(C)(C)C)N(C)C1=O. The summed E-state index contributed by atoms with van der Waals surface area (Å²) in [6.07, 6.45) is 0. The van der Waals surface area contributed by atoms with Gasteiger partial charge in [-0.1, -0.05) is 20.8 Å². The second-order valence-electron chi connectivity index (χ2n) is 5.36. The molecular weight excluding hydrogens is 192 g/mol. The lowest BCUT2D eigenvalue weighted by Crippen LogP contribution is -2.39. The zero-order valence-corrected chi connectivity index (χ0v) is 10.2. The highest BCUT2D eigenvalue weighted by Gasteiger charge is 2.41. The van der Waals surface area contributed by atoms with E-state index in [1.54, 1.807) is 16.8 Å². The zero-order valence-electron chi connectivity index (χ0n) is 10.2. The molecule has 1 heterocycles. The summed E-state index contributed by atoms with van der Waals surface area (Å²) >= 11 is 0. The van der Waals surface area contributed by atoms with Gasteiger partial charge in [0.05, 0.1) is 12.6 Å². The number of hydrogen-bond donors (Lipinski definition) is 0. The summed E-state index contributed by atoms with van der Waals surface area (Å²) in [6.45, 7) is 8.72. The molecule has 0 saturated carbocycles. The standard InChI is InChI=1S/C11H20N2O2/c1-8(14)6-13-7-9(11(2,3)4)12(5)10(13)15/h9H,6-7H2,1-5H3. The molecule has 86 valence electrons. The van der Waals surface area contributed by atoms with Crippen LogP contribution in [-0.4, -0.2) is 47.8 Å². The summed E-state index contributed by atoms with van der Waals surface area (Å²) in [5.74, 6) is 0.0336. The van der Waals surface area contributed by atoms with Gasteiger partial charge in [-0.25, -0.2) is 4.79 Å². The smallest absolute Gasteiger partial charge is 0.320 e. The van der Waals surface area contributed by atoms with Gasteiger partial charge in [-0.3, -0.25) is 4.79 Å². The molecule has 15 heavy (non-hydrogen) atoms. The summed E-state index contributed by atoms with van der Waals surface area (Å²) in [6, 6.07) is 0.148. The Morgan fingerprint density at radius 1 is 1.47 bits per heavy atom. The first-order chi connectivity index (χ1) is 6.73. The van der Waals surface area contributed by atoms with Gasteiger partial charge in [0.1, 0.15) is 5.78 Å². The first-order valence-electron chi connectivity index (χ1n) is 5.24. The van der Waals surface area contributed by atoms with E-state index in [9.17, 15) is 9.59 Å². The Balaban J connectivity index is 2.76. The van der Waals surface area contributed by atoms with E-state index in [-0.39, 0.29) is 29.8 Å². The van der Waals surface area contributed by atoms with Crippen molar-refractivity contribution in [1.29, 1.82) is 0 Å². The van der Waals surface area contributed by atoms with E-state index in [0.29, 0.717) is 6.54 Å². The van der Waals surface area contributed by atoms with E-state index in [1.165, 1.54) is 6.92 Å². The molecule has 0 aliphatic carbocycles. The minimum atomic E-state index is -0.0369. The van der Waals surface area contributed by atoms with E-state index in [4.69, 9.17) is 0 Å². The maximum Gasteiger partial charge on any atom is 0.320 e. The average molecular weight is 212 g/mol. The first kappa shape index (κ1) is 12.0. The molecule has 0 aromatic carbocycles. The second-order valence-corrected chi connectivity index (χ2v) is 5.36. The Morgan fingerprint density at radius 2 is 2.00 bits per heavy atom. The Morgan fingerprint density at radius 3 is 2.33 bits per heavy atom. The average Bonchev–Trinajstić information content (AvgIpc) is 2.30. The van der Waals surface area contributed by atoms with E-state index in [1.807, 2.05) is 0 Å². The maximum absolute atomic E-state index is 11.8. The fourth-order valence-corrected chi connectivity index (χ4v) is 2.02. The van der Waals surface area contributed by atoms with Gasteiger partial charge in [0.15, 0.2) is 0 Å². The molecule has 0 aromatic heterocycles. The molecule has 1 unspecified atom stereocenters. The van der Waals surface area contributed by atoms with E-state index in [0.717, 1.165) is 0 Å². The predicted molar refractivity (Wildman–Crippen MR) is 58.7 cm³/mol. The lowest BCUT2D eigenvalue weighted by Gasteiger charge is -2.30. The molecule has 0 N–H and O–H groups in total. The fraction of sp³-hybridized carbons (Fsp3) is 0.818. The van der Waals surface area contributed by atoms with Crippen LogP contribution in [0, 0.1) is 5.41 Å². The third kappa shape index (κ3) is 2.49. The number of urea groups is 1. The van der Waals surface area contributed by atoms with Crippen LogP contribution in [0.3, 0.4) is 0 Å². The molecule has 4 nitrogen and oxygen atoms in total. The number of Topliss-reactive ketones (excluding diaryl/α,β-unsaturated/α-hetero) is 1. The van der Waals surface area contributed by atoms with Crippen LogP contribution in [0.5, 0.6) is 0 Å². The van der Waals surface area contributed by atoms with Crippen molar-refractivity contribution in [2.75, 3.05) is 20.1 Å². The van der Waals surface area contributed by atoms with Crippen molar-refractivity contribution >= 4 is 11.8 Å². The highest BCUT2D eigenvalue weighted by Crippen LogP contribution is 2.29. The third-order valence-electron chi connectivity index (χ3n) is 2.85. The number of carbonyl (C=O) groups excluding carboxylic acids is 2. The number of rotatable bonds is 2. The van der Waals surface area contributed by atoms with Crippen LogP contribution in [-0.2, 0) is 4.79 Å². The number of hydrogen-bond acceptors (Lipinski definition) is 2. The second kappa shape index (κ2) is 3.83. The fourth-order valence-electron chi connectivity index (χ4n) is 2.02.